The third-order valence-corrected chi connectivity index (χ3v) is 2.71. The van der Waals surface area contributed by atoms with E-state index in [1.807, 2.05) is 18.2 Å². The van der Waals surface area contributed by atoms with Crippen LogP contribution in [0.1, 0.15) is 5.56 Å². The molecule has 0 bridgehead atoms. The lowest BCUT2D eigenvalue weighted by molar-refractivity contribution is 0.134. The molecule has 1 heterocycles. The fourth-order valence-corrected chi connectivity index (χ4v) is 1.90. The molecule has 16 heavy (non-hydrogen) atoms. The number of carbonyl (C=O) groups is 1. The molecule has 2 rings (SSSR count). The zero-order chi connectivity index (χ0) is 11.5. The van der Waals surface area contributed by atoms with Crippen molar-refractivity contribution in [3.05, 3.63) is 34.9 Å². The Kier molecular flexibility index (Phi) is 3.31. The average molecular weight is 241 g/mol. The predicted molar refractivity (Wildman–Crippen MR) is 61.2 cm³/mol. The van der Waals surface area contributed by atoms with Gasteiger partial charge in [0.1, 0.15) is 6.10 Å². The van der Waals surface area contributed by atoms with E-state index in [1.165, 1.54) is 0 Å². The molecule has 1 aliphatic rings. The van der Waals surface area contributed by atoms with E-state index in [2.05, 4.69) is 0 Å². The van der Waals surface area contributed by atoms with Gasteiger partial charge in [-0.25, -0.2) is 4.79 Å². The number of nitrogens with two attached hydrogens (primary N) is 1. The molecule has 1 fully saturated rings. The second-order valence-corrected chi connectivity index (χ2v) is 4.19. The number of ether oxygens (including phenoxy) is 1. The summed E-state index contributed by atoms with van der Waals surface area (Å²) in [6.07, 6.45) is -0.498. The Morgan fingerprint density at radius 3 is 3.00 bits per heavy atom. The van der Waals surface area contributed by atoms with Crippen LogP contribution in [0.15, 0.2) is 24.3 Å². The van der Waals surface area contributed by atoms with Crippen LogP contribution in [0.3, 0.4) is 0 Å². The Balaban J connectivity index is 2.03. The highest BCUT2D eigenvalue weighted by Gasteiger charge is 2.29. The third kappa shape index (κ3) is 2.46. The Hall–Kier alpha value is -1.26. The van der Waals surface area contributed by atoms with Crippen LogP contribution in [-0.2, 0) is 11.3 Å². The van der Waals surface area contributed by atoms with Gasteiger partial charge in [-0.2, -0.15) is 0 Å². The molecule has 86 valence electrons. The first-order chi connectivity index (χ1) is 7.69. The van der Waals surface area contributed by atoms with Gasteiger partial charge in [0.15, 0.2) is 0 Å². The third-order valence-electron chi connectivity index (χ3n) is 2.48. The minimum absolute atomic E-state index is 0.188. The van der Waals surface area contributed by atoms with Crippen LogP contribution in [0.25, 0.3) is 0 Å². The van der Waals surface area contributed by atoms with Crippen molar-refractivity contribution in [2.24, 2.45) is 5.73 Å². The first-order valence-corrected chi connectivity index (χ1v) is 5.47. The second kappa shape index (κ2) is 4.72. The van der Waals surface area contributed by atoms with Gasteiger partial charge in [0.05, 0.1) is 6.54 Å². The van der Waals surface area contributed by atoms with Gasteiger partial charge in [-0.05, 0) is 17.7 Å². The van der Waals surface area contributed by atoms with Crippen molar-refractivity contribution >= 4 is 17.7 Å². The summed E-state index contributed by atoms with van der Waals surface area (Å²) >= 11 is 5.87. The standard InChI is InChI=1S/C11H13ClN2O2/c12-9-3-1-2-8(4-9)6-14-7-10(5-13)16-11(14)15/h1-4,10H,5-7,13H2. The minimum Gasteiger partial charge on any atom is -0.443 e. The van der Waals surface area contributed by atoms with Crippen molar-refractivity contribution < 1.29 is 9.53 Å². The van der Waals surface area contributed by atoms with E-state index >= 15 is 0 Å². The number of hydrogen-bond acceptors (Lipinski definition) is 3. The van der Waals surface area contributed by atoms with E-state index in [4.69, 9.17) is 22.1 Å². The highest BCUT2D eigenvalue weighted by Crippen LogP contribution is 2.17. The summed E-state index contributed by atoms with van der Waals surface area (Å²) in [5.74, 6) is 0. The van der Waals surface area contributed by atoms with E-state index in [0.29, 0.717) is 24.7 Å². The molecule has 5 heteroatoms. The largest absolute Gasteiger partial charge is 0.443 e. The van der Waals surface area contributed by atoms with E-state index in [-0.39, 0.29) is 12.2 Å². The van der Waals surface area contributed by atoms with E-state index in [9.17, 15) is 4.79 Å². The molecule has 2 N–H and O–H groups in total. The zero-order valence-electron chi connectivity index (χ0n) is 8.73. The van der Waals surface area contributed by atoms with Crippen LogP contribution in [0.5, 0.6) is 0 Å². The van der Waals surface area contributed by atoms with Gasteiger partial charge in [0, 0.05) is 18.1 Å². The van der Waals surface area contributed by atoms with Crippen LogP contribution in [0.2, 0.25) is 5.02 Å². The Morgan fingerprint density at radius 2 is 2.38 bits per heavy atom. The number of cyclic esters (lactones) is 1. The molecule has 1 aromatic carbocycles. The molecule has 1 saturated heterocycles. The monoisotopic (exact) mass is 240 g/mol. The summed E-state index contributed by atoms with van der Waals surface area (Å²) in [6.45, 7) is 1.41. The summed E-state index contributed by atoms with van der Waals surface area (Å²) in [6, 6.07) is 7.43. The van der Waals surface area contributed by atoms with E-state index < -0.39 is 0 Å². The maximum Gasteiger partial charge on any atom is 0.410 e. The van der Waals surface area contributed by atoms with Crippen LogP contribution < -0.4 is 5.73 Å². The van der Waals surface area contributed by atoms with Crippen molar-refractivity contribution in [2.75, 3.05) is 13.1 Å². The molecular weight excluding hydrogens is 228 g/mol. The minimum atomic E-state index is -0.310. The van der Waals surface area contributed by atoms with Crippen LogP contribution >= 0.6 is 11.6 Å². The quantitative estimate of drug-likeness (QED) is 0.874. The van der Waals surface area contributed by atoms with Crippen molar-refractivity contribution in [2.45, 2.75) is 12.6 Å². The topological polar surface area (TPSA) is 55.6 Å². The van der Waals surface area contributed by atoms with Gasteiger partial charge in [-0.15, -0.1) is 0 Å². The maximum atomic E-state index is 11.4. The van der Waals surface area contributed by atoms with Crippen molar-refractivity contribution in [1.29, 1.82) is 0 Å². The molecule has 4 nitrogen and oxygen atoms in total. The molecule has 0 spiro atoms. The molecule has 1 aliphatic heterocycles. The van der Waals surface area contributed by atoms with Gasteiger partial charge in [0.25, 0.3) is 0 Å². The lowest BCUT2D eigenvalue weighted by Crippen LogP contribution is -2.27. The predicted octanol–water partition coefficient (Wildman–Crippen LogP) is 1.62. The van der Waals surface area contributed by atoms with Gasteiger partial charge >= 0.3 is 6.09 Å². The summed E-state index contributed by atoms with van der Waals surface area (Å²) in [5, 5.41) is 0.667. The summed E-state index contributed by atoms with van der Waals surface area (Å²) in [4.78, 5) is 13.1. The highest BCUT2D eigenvalue weighted by atomic mass is 35.5. The average Bonchev–Trinajstić information content (AvgIpc) is 2.60. The molecule has 1 aromatic rings. The first-order valence-electron chi connectivity index (χ1n) is 5.09. The fraction of sp³-hybridized carbons (Fsp3) is 0.364. The van der Waals surface area contributed by atoms with Crippen molar-refractivity contribution in [3.63, 3.8) is 0 Å². The normalized spacial score (nSPS) is 20.0. The number of halogens is 1. The smallest absolute Gasteiger partial charge is 0.410 e. The molecule has 1 atom stereocenters. The molecule has 0 saturated carbocycles. The lowest BCUT2D eigenvalue weighted by atomic mass is 10.2. The molecule has 1 unspecified atom stereocenters. The Bertz CT molecular complexity index is 397. The number of nitrogens with zero attached hydrogens (tertiary/aromatic N) is 1. The molecule has 0 radical (unpaired) electrons. The van der Waals surface area contributed by atoms with Gasteiger partial charge in [-0.1, -0.05) is 23.7 Å². The number of amides is 1. The molecule has 0 aromatic heterocycles. The Morgan fingerprint density at radius 1 is 1.56 bits per heavy atom. The SMILES string of the molecule is NCC1CN(Cc2cccc(Cl)c2)C(=O)O1. The van der Waals surface area contributed by atoms with Crippen LogP contribution in [0, 0.1) is 0 Å². The van der Waals surface area contributed by atoms with Gasteiger partial charge < -0.3 is 15.4 Å². The van der Waals surface area contributed by atoms with E-state index in [0.717, 1.165) is 5.56 Å². The molecule has 1 amide bonds. The Labute approximate surface area is 98.9 Å². The summed E-state index contributed by atoms with van der Waals surface area (Å²) < 4.78 is 5.05. The maximum absolute atomic E-state index is 11.4. The van der Waals surface area contributed by atoms with Crippen LogP contribution in [0.4, 0.5) is 4.79 Å². The zero-order valence-corrected chi connectivity index (χ0v) is 9.48. The van der Waals surface area contributed by atoms with Crippen LogP contribution in [-0.4, -0.2) is 30.2 Å². The molecular formula is C11H13ClN2O2. The first kappa shape index (κ1) is 11.2. The number of hydrogen-bond donors (Lipinski definition) is 1. The van der Waals surface area contributed by atoms with Crippen molar-refractivity contribution in [1.82, 2.24) is 4.90 Å². The lowest BCUT2D eigenvalue weighted by Gasteiger charge is -2.12. The molecule has 0 aliphatic carbocycles. The van der Waals surface area contributed by atoms with E-state index in [1.54, 1.807) is 11.0 Å². The van der Waals surface area contributed by atoms with Gasteiger partial charge in [-0.3, -0.25) is 0 Å². The summed E-state index contributed by atoms with van der Waals surface area (Å²) in [5.41, 5.74) is 6.44. The highest BCUT2D eigenvalue weighted by molar-refractivity contribution is 6.30. The number of rotatable bonds is 3. The number of benzene rings is 1. The second-order valence-electron chi connectivity index (χ2n) is 3.75. The van der Waals surface area contributed by atoms with Crippen molar-refractivity contribution in [3.8, 4) is 0 Å². The summed E-state index contributed by atoms with van der Waals surface area (Å²) in [7, 11) is 0. The fourth-order valence-electron chi connectivity index (χ4n) is 1.68. The number of carbonyl (C=O) groups excluding carboxylic acids is 1. The van der Waals surface area contributed by atoms with Gasteiger partial charge in [0.2, 0.25) is 0 Å².